The molecule has 1 aromatic carbocycles. The quantitative estimate of drug-likeness (QED) is 0.515. The molecule has 1 aliphatic rings. The van der Waals surface area contributed by atoms with E-state index in [0.717, 1.165) is 35.2 Å². The van der Waals surface area contributed by atoms with E-state index in [1.165, 1.54) is 10.9 Å². The molecule has 0 bridgehead atoms. The first-order chi connectivity index (χ1) is 14.0. The molecule has 0 amide bonds. The molecule has 0 radical (unpaired) electrons. The van der Waals surface area contributed by atoms with Gasteiger partial charge in [-0.1, -0.05) is 11.6 Å². The van der Waals surface area contributed by atoms with Crippen molar-refractivity contribution in [1.29, 1.82) is 0 Å². The zero-order valence-electron chi connectivity index (χ0n) is 15.1. The van der Waals surface area contributed by atoms with Crippen molar-refractivity contribution in [2.24, 2.45) is 0 Å². The van der Waals surface area contributed by atoms with Crippen molar-refractivity contribution >= 4 is 39.1 Å². The van der Waals surface area contributed by atoms with E-state index in [4.69, 9.17) is 26.1 Å². The first-order valence-electron chi connectivity index (χ1n) is 9.14. The topological polar surface area (TPSA) is 85.3 Å². The van der Waals surface area contributed by atoms with E-state index >= 15 is 0 Å². The summed E-state index contributed by atoms with van der Waals surface area (Å²) in [7, 11) is 0. The van der Waals surface area contributed by atoms with Gasteiger partial charge in [0.2, 0.25) is 5.76 Å². The first kappa shape index (κ1) is 18.1. The summed E-state index contributed by atoms with van der Waals surface area (Å²) in [4.78, 5) is 31.4. The van der Waals surface area contributed by atoms with Crippen LogP contribution in [-0.4, -0.2) is 20.6 Å². The fourth-order valence-corrected chi connectivity index (χ4v) is 5.15. The van der Waals surface area contributed by atoms with Crippen molar-refractivity contribution in [3.63, 3.8) is 0 Å². The lowest BCUT2D eigenvalue weighted by atomic mass is 10.1. The number of carboxylic acid groups (broad SMARTS) is 1. The Morgan fingerprint density at radius 3 is 2.72 bits per heavy atom. The number of aromatic nitrogens is 2. The number of rotatable bonds is 4. The number of carbonyl (C=O) groups is 1. The molecule has 1 N–H and O–H groups in total. The maximum atomic E-state index is 13.5. The summed E-state index contributed by atoms with van der Waals surface area (Å²) in [6.45, 7) is 0.0949. The maximum Gasteiger partial charge on any atom is 0.371 e. The van der Waals surface area contributed by atoms with Crippen LogP contribution in [0.1, 0.15) is 33.2 Å². The molecule has 0 fully saturated rings. The highest BCUT2D eigenvalue weighted by Crippen LogP contribution is 2.36. The molecule has 0 saturated heterocycles. The number of nitrogens with zero attached hydrogens (tertiary/aromatic N) is 2. The number of aromatic carboxylic acids is 1. The molecular formula is C21H15ClN2O4S. The third-order valence-corrected chi connectivity index (χ3v) is 6.55. The number of hydrogen-bond donors (Lipinski definition) is 1. The summed E-state index contributed by atoms with van der Waals surface area (Å²) >= 11 is 7.60. The predicted octanol–water partition coefficient (Wildman–Crippen LogP) is 4.61. The van der Waals surface area contributed by atoms with Gasteiger partial charge in [0, 0.05) is 15.5 Å². The summed E-state index contributed by atoms with van der Waals surface area (Å²) in [5.41, 5.74) is 1.73. The number of benzene rings is 1. The average Bonchev–Trinajstić information content (AvgIpc) is 3.40. The molecule has 3 heterocycles. The molecular weight excluding hydrogens is 412 g/mol. The van der Waals surface area contributed by atoms with Gasteiger partial charge in [-0.25, -0.2) is 9.78 Å². The van der Waals surface area contributed by atoms with Gasteiger partial charge < -0.3 is 9.52 Å². The van der Waals surface area contributed by atoms with Gasteiger partial charge in [-0.05, 0) is 61.2 Å². The molecule has 4 aromatic rings. The summed E-state index contributed by atoms with van der Waals surface area (Å²) in [6.07, 6.45) is 2.92. The predicted molar refractivity (Wildman–Crippen MR) is 111 cm³/mol. The van der Waals surface area contributed by atoms with E-state index in [-0.39, 0.29) is 17.9 Å². The molecule has 0 atom stereocenters. The smallest absolute Gasteiger partial charge is 0.371 e. The molecule has 3 aromatic heterocycles. The molecule has 0 unspecified atom stereocenters. The van der Waals surface area contributed by atoms with Crippen molar-refractivity contribution in [1.82, 2.24) is 9.55 Å². The van der Waals surface area contributed by atoms with Crippen LogP contribution in [0.3, 0.4) is 0 Å². The number of furan rings is 1. The number of halogens is 1. The Balaban J connectivity index is 1.72. The maximum absolute atomic E-state index is 13.5. The summed E-state index contributed by atoms with van der Waals surface area (Å²) in [6, 6.07) is 10.1. The Bertz CT molecular complexity index is 1320. The van der Waals surface area contributed by atoms with Crippen LogP contribution in [0.15, 0.2) is 45.6 Å². The number of thiophene rings is 1. The third-order valence-electron chi connectivity index (χ3n) is 5.11. The molecule has 0 aliphatic heterocycles. The normalized spacial score (nSPS) is 13.1. The van der Waals surface area contributed by atoms with Crippen molar-refractivity contribution in [3.8, 4) is 11.4 Å². The minimum Gasteiger partial charge on any atom is -0.475 e. The van der Waals surface area contributed by atoms with Crippen molar-refractivity contribution in [2.45, 2.75) is 25.8 Å². The van der Waals surface area contributed by atoms with Crippen LogP contribution >= 0.6 is 22.9 Å². The van der Waals surface area contributed by atoms with Crippen LogP contribution in [-0.2, 0) is 19.4 Å². The monoisotopic (exact) mass is 426 g/mol. The second-order valence-corrected chi connectivity index (χ2v) is 8.46. The lowest BCUT2D eigenvalue weighted by Crippen LogP contribution is -2.24. The molecule has 146 valence electrons. The molecule has 0 saturated carbocycles. The van der Waals surface area contributed by atoms with E-state index in [9.17, 15) is 9.59 Å². The lowest BCUT2D eigenvalue weighted by Gasteiger charge is -2.12. The standard InChI is InChI=1S/C21H15ClN2O4S/c22-12-6-4-11(5-7-12)18-23-19-17(14-2-1-3-16(14)29-19)20(25)24(18)10-13-8-9-15(28-13)21(26)27/h4-9H,1-3,10H2,(H,26,27). The molecule has 8 heteroatoms. The minimum atomic E-state index is -1.15. The number of carboxylic acids is 1. The second kappa shape index (κ2) is 6.86. The Hall–Kier alpha value is -2.90. The number of hydrogen-bond acceptors (Lipinski definition) is 5. The van der Waals surface area contributed by atoms with Gasteiger partial charge >= 0.3 is 5.97 Å². The van der Waals surface area contributed by atoms with Crippen LogP contribution in [0.2, 0.25) is 5.02 Å². The van der Waals surface area contributed by atoms with Crippen LogP contribution < -0.4 is 5.56 Å². The van der Waals surface area contributed by atoms with E-state index in [1.807, 2.05) is 12.1 Å². The number of fused-ring (bicyclic) bond motifs is 3. The van der Waals surface area contributed by atoms with Gasteiger partial charge in [-0.2, -0.15) is 0 Å². The van der Waals surface area contributed by atoms with Crippen LogP contribution in [0.5, 0.6) is 0 Å². The Morgan fingerprint density at radius 1 is 1.21 bits per heavy atom. The Morgan fingerprint density at radius 2 is 2.00 bits per heavy atom. The van der Waals surface area contributed by atoms with E-state index < -0.39 is 5.97 Å². The summed E-state index contributed by atoms with van der Waals surface area (Å²) < 4.78 is 6.95. The fourth-order valence-electron chi connectivity index (χ4n) is 3.78. The van der Waals surface area contributed by atoms with Crippen molar-refractivity contribution < 1.29 is 14.3 Å². The van der Waals surface area contributed by atoms with E-state index in [0.29, 0.717) is 22.0 Å². The molecule has 0 spiro atoms. The zero-order valence-corrected chi connectivity index (χ0v) is 16.7. The van der Waals surface area contributed by atoms with Crippen molar-refractivity contribution in [2.75, 3.05) is 0 Å². The highest BCUT2D eigenvalue weighted by atomic mass is 35.5. The number of aryl methyl sites for hydroxylation is 2. The van der Waals surface area contributed by atoms with Crippen molar-refractivity contribution in [3.05, 3.63) is 73.7 Å². The first-order valence-corrected chi connectivity index (χ1v) is 10.3. The largest absolute Gasteiger partial charge is 0.475 e. The summed E-state index contributed by atoms with van der Waals surface area (Å²) in [5.74, 6) is -0.419. The fraction of sp³-hybridized carbons (Fsp3) is 0.190. The molecule has 1 aliphatic carbocycles. The average molecular weight is 427 g/mol. The van der Waals surface area contributed by atoms with Gasteiger partial charge in [0.15, 0.2) is 0 Å². The second-order valence-electron chi connectivity index (χ2n) is 6.94. The van der Waals surface area contributed by atoms with Gasteiger partial charge in [-0.15, -0.1) is 11.3 Å². The van der Waals surface area contributed by atoms with Gasteiger partial charge in [-0.3, -0.25) is 9.36 Å². The lowest BCUT2D eigenvalue weighted by molar-refractivity contribution is 0.0660. The van der Waals surface area contributed by atoms with Crippen LogP contribution in [0.25, 0.3) is 21.6 Å². The van der Waals surface area contributed by atoms with E-state index in [1.54, 1.807) is 34.1 Å². The molecule has 5 rings (SSSR count). The summed E-state index contributed by atoms with van der Waals surface area (Å²) in [5, 5.41) is 10.4. The van der Waals surface area contributed by atoms with Gasteiger partial charge in [0.05, 0.1) is 11.9 Å². The van der Waals surface area contributed by atoms with Crippen LogP contribution in [0, 0.1) is 0 Å². The zero-order chi connectivity index (χ0) is 20.1. The van der Waals surface area contributed by atoms with Gasteiger partial charge in [0.1, 0.15) is 16.4 Å². The van der Waals surface area contributed by atoms with Gasteiger partial charge in [0.25, 0.3) is 5.56 Å². The van der Waals surface area contributed by atoms with E-state index in [2.05, 4.69) is 0 Å². The Kier molecular flexibility index (Phi) is 4.29. The molecule has 29 heavy (non-hydrogen) atoms. The van der Waals surface area contributed by atoms with Crippen LogP contribution in [0.4, 0.5) is 0 Å². The Labute approximate surface area is 174 Å². The highest BCUT2D eigenvalue weighted by Gasteiger charge is 2.24. The third kappa shape index (κ3) is 3.07. The molecule has 6 nitrogen and oxygen atoms in total. The SMILES string of the molecule is O=C(O)c1ccc(Cn2c(-c3ccc(Cl)cc3)nc3sc4c(c3c2=O)CCC4)o1. The minimum absolute atomic E-state index is 0.0949. The highest BCUT2D eigenvalue weighted by molar-refractivity contribution is 7.18.